The number of para-hydroxylation sites is 2. The van der Waals surface area contributed by atoms with Crippen LogP contribution in [0.25, 0.3) is 11.3 Å². The molecule has 0 bridgehead atoms. The third kappa shape index (κ3) is 4.12. The molecule has 0 atom stereocenters. The average molecular weight is 448 g/mol. The smallest absolute Gasteiger partial charge is 0.269 e. The van der Waals surface area contributed by atoms with Crippen molar-refractivity contribution < 1.29 is 19.6 Å². The number of carbonyl (C=O) groups excluding carboxylic acids is 1. The van der Waals surface area contributed by atoms with Crippen molar-refractivity contribution in [3.63, 3.8) is 0 Å². The minimum absolute atomic E-state index is 0.0186. The second kappa shape index (κ2) is 8.82. The lowest BCUT2D eigenvalue weighted by Crippen LogP contribution is -2.26. The van der Waals surface area contributed by atoms with Crippen molar-refractivity contribution in [1.29, 1.82) is 0 Å². The molecule has 0 aliphatic carbocycles. The highest BCUT2D eigenvalue weighted by molar-refractivity contribution is 7.14. The summed E-state index contributed by atoms with van der Waals surface area (Å²) in [5, 5.41) is 22.5. The number of nitro groups is 1. The number of amides is 1. The lowest BCUT2D eigenvalue weighted by molar-refractivity contribution is -0.384. The number of hydrogen-bond acceptors (Lipinski definition) is 8. The number of non-ortho nitro benzene ring substituents is 1. The van der Waals surface area contributed by atoms with Gasteiger partial charge in [0.25, 0.3) is 11.6 Å². The van der Waals surface area contributed by atoms with Crippen molar-refractivity contribution in [2.24, 2.45) is 0 Å². The lowest BCUT2D eigenvalue weighted by atomic mass is 10.1. The fourth-order valence-corrected chi connectivity index (χ4v) is 3.85. The fraction of sp³-hybridized carbons (Fsp3) is 0.0455. The Morgan fingerprint density at radius 1 is 1.12 bits per heavy atom. The quantitative estimate of drug-likeness (QED) is 0.332. The summed E-state index contributed by atoms with van der Waals surface area (Å²) in [7, 11) is 1.51. The van der Waals surface area contributed by atoms with Crippen LogP contribution in [0.2, 0.25) is 0 Å². The minimum Gasteiger partial charge on any atom is -0.495 e. The van der Waals surface area contributed by atoms with Crippen molar-refractivity contribution in [3.8, 4) is 22.9 Å². The first-order valence-electron chi connectivity index (χ1n) is 9.31. The normalized spacial score (nSPS) is 10.5. The van der Waals surface area contributed by atoms with Crippen molar-refractivity contribution in [2.75, 3.05) is 12.0 Å². The zero-order chi connectivity index (χ0) is 22.7. The molecule has 4 aromatic rings. The fourth-order valence-electron chi connectivity index (χ4n) is 3.01. The summed E-state index contributed by atoms with van der Waals surface area (Å²) in [5.41, 5.74) is 1.96. The van der Waals surface area contributed by atoms with Crippen LogP contribution in [0.5, 0.6) is 11.6 Å². The number of rotatable bonds is 6. The Balaban J connectivity index is 1.78. The maximum absolute atomic E-state index is 13.4. The summed E-state index contributed by atoms with van der Waals surface area (Å²) in [6.07, 6.45) is 1.28. The van der Waals surface area contributed by atoms with E-state index in [0.29, 0.717) is 27.8 Å². The maximum Gasteiger partial charge on any atom is 0.269 e. The van der Waals surface area contributed by atoms with Crippen LogP contribution in [0.1, 0.15) is 10.4 Å². The zero-order valence-corrected chi connectivity index (χ0v) is 17.5. The van der Waals surface area contributed by atoms with Crippen molar-refractivity contribution in [1.82, 2.24) is 9.97 Å². The number of pyridine rings is 1. The van der Waals surface area contributed by atoms with Gasteiger partial charge in [0, 0.05) is 35.3 Å². The van der Waals surface area contributed by atoms with Gasteiger partial charge in [-0.1, -0.05) is 12.1 Å². The average Bonchev–Trinajstić information content (AvgIpc) is 3.29. The van der Waals surface area contributed by atoms with Crippen LogP contribution in [-0.4, -0.2) is 33.0 Å². The van der Waals surface area contributed by atoms with Gasteiger partial charge in [0.05, 0.1) is 29.0 Å². The first-order chi connectivity index (χ1) is 15.5. The van der Waals surface area contributed by atoms with E-state index in [0.717, 1.165) is 0 Å². The molecule has 0 spiro atoms. The van der Waals surface area contributed by atoms with Crippen LogP contribution in [0, 0.1) is 10.1 Å². The largest absolute Gasteiger partial charge is 0.495 e. The number of methoxy groups -OCH3 is 1. The number of aromatic hydroxyl groups is 1. The molecule has 160 valence electrons. The van der Waals surface area contributed by atoms with Crippen molar-refractivity contribution in [3.05, 3.63) is 87.9 Å². The number of carbonyl (C=O) groups is 1. The Labute approximate surface area is 186 Å². The molecule has 0 aliphatic rings. The molecule has 4 rings (SSSR count). The van der Waals surface area contributed by atoms with E-state index in [1.54, 1.807) is 41.8 Å². The van der Waals surface area contributed by atoms with Gasteiger partial charge in [-0.15, -0.1) is 11.3 Å². The van der Waals surface area contributed by atoms with E-state index in [1.165, 1.54) is 53.8 Å². The maximum atomic E-state index is 13.4. The van der Waals surface area contributed by atoms with E-state index in [9.17, 15) is 20.0 Å². The molecule has 9 nitrogen and oxygen atoms in total. The van der Waals surface area contributed by atoms with Crippen LogP contribution < -0.4 is 9.64 Å². The number of nitrogens with zero attached hydrogens (tertiary/aromatic N) is 4. The summed E-state index contributed by atoms with van der Waals surface area (Å²) in [4.78, 5) is 33.7. The monoisotopic (exact) mass is 448 g/mol. The lowest BCUT2D eigenvalue weighted by Gasteiger charge is -2.22. The molecule has 0 saturated carbocycles. The summed E-state index contributed by atoms with van der Waals surface area (Å²) in [6.45, 7) is 0. The van der Waals surface area contributed by atoms with Gasteiger partial charge in [0.1, 0.15) is 5.75 Å². The molecule has 0 saturated heterocycles. The number of aromatic nitrogens is 2. The summed E-state index contributed by atoms with van der Waals surface area (Å²) in [6, 6.07) is 15.9. The highest BCUT2D eigenvalue weighted by atomic mass is 32.1. The molecule has 2 aromatic heterocycles. The Morgan fingerprint density at radius 3 is 2.53 bits per heavy atom. The van der Waals surface area contributed by atoms with Crippen LogP contribution in [0.3, 0.4) is 0 Å². The van der Waals surface area contributed by atoms with Crippen LogP contribution >= 0.6 is 11.3 Å². The highest BCUT2D eigenvalue weighted by Crippen LogP contribution is 2.38. The van der Waals surface area contributed by atoms with Gasteiger partial charge in [-0.2, -0.15) is 0 Å². The second-order valence-corrected chi connectivity index (χ2v) is 7.37. The van der Waals surface area contributed by atoms with Gasteiger partial charge in [-0.3, -0.25) is 14.9 Å². The third-order valence-corrected chi connectivity index (χ3v) is 5.41. The molecule has 0 aliphatic heterocycles. The number of thiazole rings is 1. The van der Waals surface area contributed by atoms with E-state index in [2.05, 4.69) is 9.97 Å². The SMILES string of the molecule is COc1ccccc1N(C(=O)c1ccc(O)nc1)c1nc(-c2ccc([N+](=O)[O-])cc2)cs1. The molecule has 0 radical (unpaired) electrons. The van der Waals surface area contributed by atoms with E-state index in [4.69, 9.17) is 4.74 Å². The predicted octanol–water partition coefficient (Wildman–Crippen LogP) is 4.81. The molecule has 32 heavy (non-hydrogen) atoms. The van der Waals surface area contributed by atoms with Crippen LogP contribution in [0.15, 0.2) is 72.2 Å². The number of anilines is 2. The Hall–Kier alpha value is -4.31. The number of nitro benzene ring substituents is 1. The summed E-state index contributed by atoms with van der Waals surface area (Å²) >= 11 is 1.24. The molecule has 2 aromatic carbocycles. The van der Waals surface area contributed by atoms with Gasteiger partial charge in [0.2, 0.25) is 5.88 Å². The van der Waals surface area contributed by atoms with Gasteiger partial charge in [0.15, 0.2) is 5.13 Å². The van der Waals surface area contributed by atoms with Gasteiger partial charge >= 0.3 is 0 Å². The number of ether oxygens (including phenoxy) is 1. The Bertz CT molecular complexity index is 1270. The first kappa shape index (κ1) is 20.9. The Morgan fingerprint density at radius 2 is 1.88 bits per heavy atom. The van der Waals surface area contributed by atoms with Gasteiger partial charge in [-0.25, -0.2) is 14.9 Å². The van der Waals surface area contributed by atoms with Crippen molar-refractivity contribution in [2.45, 2.75) is 0 Å². The molecule has 1 N–H and O–H groups in total. The number of benzene rings is 2. The van der Waals surface area contributed by atoms with E-state index >= 15 is 0 Å². The van der Waals surface area contributed by atoms with Gasteiger partial charge in [-0.05, 0) is 30.3 Å². The predicted molar refractivity (Wildman–Crippen MR) is 120 cm³/mol. The topological polar surface area (TPSA) is 119 Å². The van der Waals surface area contributed by atoms with Gasteiger partial charge < -0.3 is 9.84 Å². The molecule has 0 fully saturated rings. The van der Waals surface area contributed by atoms with Crippen molar-refractivity contribution >= 4 is 33.8 Å². The Kier molecular flexibility index (Phi) is 5.77. The van der Waals surface area contributed by atoms with E-state index < -0.39 is 10.8 Å². The summed E-state index contributed by atoms with van der Waals surface area (Å²) in [5.74, 6) is -0.133. The third-order valence-electron chi connectivity index (χ3n) is 4.58. The van der Waals surface area contributed by atoms with Crippen LogP contribution in [-0.2, 0) is 0 Å². The molecule has 1 amide bonds. The highest BCUT2D eigenvalue weighted by Gasteiger charge is 2.26. The molecule has 10 heteroatoms. The first-order valence-corrected chi connectivity index (χ1v) is 10.2. The number of hydrogen-bond donors (Lipinski definition) is 1. The van der Waals surface area contributed by atoms with Crippen LogP contribution in [0.4, 0.5) is 16.5 Å². The van der Waals surface area contributed by atoms with E-state index in [1.807, 2.05) is 0 Å². The molecular weight excluding hydrogens is 432 g/mol. The molecule has 0 unspecified atom stereocenters. The van der Waals surface area contributed by atoms with E-state index in [-0.39, 0.29) is 17.1 Å². The molecule has 2 heterocycles. The minimum atomic E-state index is -0.468. The standard InChI is InChI=1S/C22H16N4O5S/c1-31-19-5-3-2-4-18(19)25(21(28)15-8-11-20(27)23-12-15)22-24-17(13-32-22)14-6-9-16(10-7-14)26(29)30/h2-13H,1H3,(H,23,27). The second-order valence-electron chi connectivity index (χ2n) is 6.54. The zero-order valence-electron chi connectivity index (χ0n) is 16.7. The summed E-state index contributed by atoms with van der Waals surface area (Å²) < 4.78 is 5.44. The molecular formula is C22H16N4O5S.